The van der Waals surface area contributed by atoms with E-state index in [9.17, 15) is 9.90 Å². The maximum absolute atomic E-state index is 11.4. The van der Waals surface area contributed by atoms with Gasteiger partial charge < -0.3 is 10.4 Å². The number of hydrogen-bond donors (Lipinski definition) is 2. The van der Waals surface area contributed by atoms with E-state index in [2.05, 4.69) is 5.32 Å². The molecule has 0 amide bonds. The molecule has 1 aliphatic rings. The van der Waals surface area contributed by atoms with Crippen LogP contribution in [-0.2, 0) is 4.79 Å². The van der Waals surface area contributed by atoms with Crippen LogP contribution in [0.25, 0.3) is 0 Å². The molecule has 0 radical (unpaired) electrons. The Kier molecular flexibility index (Phi) is 5.40. The molecule has 1 atom stereocenters. The molecular formula is C16H23NO2. The molecule has 0 heterocycles. The van der Waals surface area contributed by atoms with Crippen molar-refractivity contribution in [1.82, 2.24) is 5.32 Å². The minimum atomic E-state index is -0.743. The van der Waals surface area contributed by atoms with Gasteiger partial charge in [-0.05, 0) is 18.4 Å². The van der Waals surface area contributed by atoms with Gasteiger partial charge in [0.15, 0.2) is 0 Å². The Morgan fingerprint density at radius 2 is 1.79 bits per heavy atom. The van der Waals surface area contributed by atoms with E-state index in [1.165, 1.54) is 38.5 Å². The molecule has 0 aromatic heterocycles. The lowest BCUT2D eigenvalue weighted by Gasteiger charge is -2.20. The van der Waals surface area contributed by atoms with Crippen molar-refractivity contribution in [2.75, 3.05) is 6.54 Å². The van der Waals surface area contributed by atoms with Crippen molar-refractivity contribution >= 4 is 5.97 Å². The maximum Gasteiger partial charge on any atom is 0.312 e. The lowest BCUT2D eigenvalue weighted by molar-refractivity contribution is -0.138. The molecule has 3 nitrogen and oxygen atoms in total. The Morgan fingerprint density at radius 3 is 2.37 bits per heavy atom. The van der Waals surface area contributed by atoms with Crippen LogP contribution in [-0.4, -0.2) is 23.7 Å². The lowest BCUT2D eigenvalue weighted by atomic mass is 9.98. The van der Waals surface area contributed by atoms with Crippen LogP contribution >= 0.6 is 0 Å². The third kappa shape index (κ3) is 4.35. The van der Waals surface area contributed by atoms with Crippen LogP contribution in [0.4, 0.5) is 0 Å². The third-order valence-corrected chi connectivity index (χ3v) is 3.97. The molecule has 1 aromatic carbocycles. The minimum absolute atomic E-state index is 0.440. The quantitative estimate of drug-likeness (QED) is 0.800. The van der Waals surface area contributed by atoms with Gasteiger partial charge in [-0.2, -0.15) is 0 Å². The van der Waals surface area contributed by atoms with Crippen molar-refractivity contribution in [3.63, 3.8) is 0 Å². The molecule has 2 N–H and O–H groups in total. The number of hydrogen-bond acceptors (Lipinski definition) is 2. The van der Waals surface area contributed by atoms with Gasteiger partial charge in [0.1, 0.15) is 0 Å². The highest BCUT2D eigenvalue weighted by atomic mass is 16.4. The standard InChI is InChI=1S/C16H23NO2/c18-16(19)15(13-8-4-3-5-9-13)12-17-14-10-6-1-2-7-11-14/h3-5,8-9,14-15,17H,1-2,6-7,10-12H2,(H,18,19). The third-order valence-electron chi connectivity index (χ3n) is 3.97. The van der Waals surface area contributed by atoms with Crippen molar-refractivity contribution in [2.24, 2.45) is 0 Å². The SMILES string of the molecule is O=C(O)C(CNC1CCCCCC1)c1ccccc1. The second kappa shape index (κ2) is 7.29. The molecule has 19 heavy (non-hydrogen) atoms. The van der Waals surface area contributed by atoms with Gasteiger partial charge in [0.2, 0.25) is 0 Å². The lowest BCUT2D eigenvalue weighted by Crippen LogP contribution is -2.34. The Hall–Kier alpha value is -1.35. The Balaban J connectivity index is 1.92. The summed E-state index contributed by atoms with van der Waals surface area (Å²) in [7, 11) is 0. The molecule has 0 spiro atoms. The largest absolute Gasteiger partial charge is 0.481 e. The van der Waals surface area contributed by atoms with Crippen LogP contribution in [0.2, 0.25) is 0 Å². The summed E-state index contributed by atoms with van der Waals surface area (Å²) in [5.74, 6) is -1.18. The Bertz CT molecular complexity index is 383. The molecule has 2 rings (SSSR count). The summed E-state index contributed by atoms with van der Waals surface area (Å²) in [5, 5.41) is 12.8. The second-order valence-corrected chi connectivity index (χ2v) is 5.40. The molecule has 1 saturated carbocycles. The maximum atomic E-state index is 11.4. The van der Waals surface area contributed by atoms with Gasteiger partial charge in [-0.1, -0.05) is 56.0 Å². The van der Waals surface area contributed by atoms with E-state index in [0.29, 0.717) is 12.6 Å². The number of rotatable bonds is 5. The van der Waals surface area contributed by atoms with Crippen molar-refractivity contribution in [2.45, 2.75) is 50.5 Å². The van der Waals surface area contributed by atoms with E-state index in [0.717, 1.165) is 5.56 Å². The van der Waals surface area contributed by atoms with Crippen LogP contribution < -0.4 is 5.32 Å². The summed E-state index contributed by atoms with van der Waals surface area (Å²) in [6.45, 7) is 0.532. The van der Waals surface area contributed by atoms with Crippen LogP contribution in [0, 0.1) is 0 Å². The zero-order valence-electron chi connectivity index (χ0n) is 11.3. The van der Waals surface area contributed by atoms with Gasteiger partial charge >= 0.3 is 5.97 Å². The molecule has 0 saturated heterocycles. The predicted molar refractivity (Wildman–Crippen MR) is 76.3 cm³/mol. The molecule has 3 heteroatoms. The second-order valence-electron chi connectivity index (χ2n) is 5.40. The summed E-state index contributed by atoms with van der Waals surface area (Å²) in [6.07, 6.45) is 7.53. The fourth-order valence-corrected chi connectivity index (χ4v) is 2.80. The van der Waals surface area contributed by atoms with E-state index in [1.807, 2.05) is 30.3 Å². The first-order chi connectivity index (χ1) is 9.27. The van der Waals surface area contributed by atoms with Crippen molar-refractivity contribution in [3.8, 4) is 0 Å². The topological polar surface area (TPSA) is 49.3 Å². The molecule has 0 bridgehead atoms. The molecule has 1 aromatic rings. The first-order valence-electron chi connectivity index (χ1n) is 7.28. The summed E-state index contributed by atoms with van der Waals surface area (Å²) in [5.41, 5.74) is 0.885. The minimum Gasteiger partial charge on any atom is -0.481 e. The molecular weight excluding hydrogens is 238 g/mol. The highest BCUT2D eigenvalue weighted by molar-refractivity contribution is 5.76. The average Bonchev–Trinajstić information content (AvgIpc) is 2.68. The van der Waals surface area contributed by atoms with E-state index in [4.69, 9.17) is 0 Å². The fourth-order valence-electron chi connectivity index (χ4n) is 2.80. The Morgan fingerprint density at radius 1 is 1.16 bits per heavy atom. The van der Waals surface area contributed by atoms with Crippen LogP contribution in [0.15, 0.2) is 30.3 Å². The van der Waals surface area contributed by atoms with Gasteiger partial charge in [0.05, 0.1) is 5.92 Å². The molecule has 1 aliphatic carbocycles. The molecule has 1 fully saturated rings. The van der Waals surface area contributed by atoms with Gasteiger partial charge in [-0.25, -0.2) is 0 Å². The van der Waals surface area contributed by atoms with Crippen molar-refractivity contribution < 1.29 is 9.90 Å². The Labute approximate surface area is 115 Å². The van der Waals surface area contributed by atoms with Crippen molar-refractivity contribution in [3.05, 3.63) is 35.9 Å². The van der Waals surface area contributed by atoms with E-state index < -0.39 is 11.9 Å². The van der Waals surface area contributed by atoms with Gasteiger partial charge in [-0.15, -0.1) is 0 Å². The molecule has 104 valence electrons. The highest BCUT2D eigenvalue weighted by Gasteiger charge is 2.21. The first kappa shape index (κ1) is 14.1. The summed E-state index contributed by atoms with van der Waals surface area (Å²) >= 11 is 0. The fraction of sp³-hybridized carbons (Fsp3) is 0.562. The monoisotopic (exact) mass is 261 g/mol. The summed E-state index contributed by atoms with van der Waals surface area (Å²) < 4.78 is 0. The zero-order valence-corrected chi connectivity index (χ0v) is 11.3. The number of benzene rings is 1. The zero-order chi connectivity index (χ0) is 13.5. The number of carboxylic acids is 1. The van der Waals surface area contributed by atoms with Gasteiger partial charge in [0.25, 0.3) is 0 Å². The average molecular weight is 261 g/mol. The summed E-state index contributed by atoms with van der Waals surface area (Å²) in [4.78, 5) is 11.4. The molecule has 0 aliphatic heterocycles. The van der Waals surface area contributed by atoms with Gasteiger partial charge in [-0.3, -0.25) is 4.79 Å². The number of carbonyl (C=O) groups is 1. The smallest absolute Gasteiger partial charge is 0.312 e. The number of nitrogens with one attached hydrogen (secondary N) is 1. The molecule has 1 unspecified atom stereocenters. The number of carboxylic acid groups (broad SMARTS) is 1. The number of aliphatic carboxylic acids is 1. The van der Waals surface area contributed by atoms with Gasteiger partial charge in [0, 0.05) is 12.6 Å². The van der Waals surface area contributed by atoms with E-state index >= 15 is 0 Å². The van der Waals surface area contributed by atoms with E-state index in [1.54, 1.807) is 0 Å². The van der Waals surface area contributed by atoms with Crippen LogP contribution in [0.5, 0.6) is 0 Å². The van der Waals surface area contributed by atoms with Crippen LogP contribution in [0.3, 0.4) is 0 Å². The van der Waals surface area contributed by atoms with Crippen LogP contribution in [0.1, 0.15) is 50.0 Å². The first-order valence-corrected chi connectivity index (χ1v) is 7.28. The highest BCUT2D eigenvalue weighted by Crippen LogP contribution is 2.19. The van der Waals surface area contributed by atoms with Crippen molar-refractivity contribution in [1.29, 1.82) is 0 Å². The predicted octanol–water partition coefficient (Wildman–Crippen LogP) is 3.17. The van der Waals surface area contributed by atoms with E-state index in [-0.39, 0.29) is 0 Å². The normalized spacial score (nSPS) is 18.7. The summed E-state index contributed by atoms with van der Waals surface area (Å²) in [6, 6.07) is 10.0.